The molecule has 0 saturated heterocycles. The predicted molar refractivity (Wildman–Crippen MR) is 109 cm³/mol. The molecule has 0 amide bonds. The van der Waals surface area contributed by atoms with E-state index in [4.69, 9.17) is 4.42 Å². The summed E-state index contributed by atoms with van der Waals surface area (Å²) in [4.78, 5) is 0. The second-order valence-electron chi connectivity index (χ2n) is 6.69. The zero-order valence-corrected chi connectivity index (χ0v) is 14.6. The van der Waals surface area contributed by atoms with E-state index in [-0.39, 0.29) is 0 Å². The summed E-state index contributed by atoms with van der Waals surface area (Å²) in [5.41, 5.74) is 7.93. The molecule has 1 nitrogen and oxygen atoms in total. The molecule has 0 spiro atoms. The molecule has 1 heterocycles. The molecule has 5 rings (SSSR count). The van der Waals surface area contributed by atoms with E-state index in [1.165, 1.54) is 22.3 Å². The molecule has 1 heteroatoms. The third-order valence-corrected chi connectivity index (χ3v) is 4.98. The minimum atomic E-state index is 0.933. The molecule has 5 aromatic rings. The van der Waals surface area contributed by atoms with Crippen molar-refractivity contribution in [2.45, 2.75) is 6.92 Å². The van der Waals surface area contributed by atoms with Gasteiger partial charge in [-0.15, -0.1) is 0 Å². The summed E-state index contributed by atoms with van der Waals surface area (Å²) in [6.07, 6.45) is 0. The van der Waals surface area contributed by atoms with Crippen molar-refractivity contribution in [3.63, 3.8) is 0 Å². The fourth-order valence-electron chi connectivity index (χ4n) is 3.66. The van der Waals surface area contributed by atoms with Crippen molar-refractivity contribution in [1.82, 2.24) is 0 Å². The third-order valence-electron chi connectivity index (χ3n) is 4.98. The number of rotatable bonds is 2. The van der Waals surface area contributed by atoms with Gasteiger partial charge >= 0.3 is 0 Å². The topological polar surface area (TPSA) is 13.1 Å². The Hall–Kier alpha value is -3.32. The molecule has 124 valence electrons. The summed E-state index contributed by atoms with van der Waals surface area (Å²) < 4.78 is 6.25. The number of benzene rings is 4. The number of hydrogen-bond donors (Lipinski definition) is 0. The van der Waals surface area contributed by atoms with E-state index in [1.54, 1.807) is 0 Å². The molecule has 0 radical (unpaired) electrons. The molecule has 0 atom stereocenters. The van der Waals surface area contributed by atoms with Gasteiger partial charge in [-0.05, 0) is 29.7 Å². The van der Waals surface area contributed by atoms with Gasteiger partial charge in [-0.2, -0.15) is 0 Å². The zero-order valence-electron chi connectivity index (χ0n) is 14.6. The maximum Gasteiger partial charge on any atom is 0.143 e. The first-order valence-electron chi connectivity index (χ1n) is 8.88. The number of furan rings is 1. The van der Waals surface area contributed by atoms with Gasteiger partial charge < -0.3 is 4.42 Å². The Bertz CT molecular complexity index is 1230. The van der Waals surface area contributed by atoms with Crippen LogP contribution in [0.25, 0.3) is 44.2 Å². The first kappa shape index (κ1) is 15.0. The van der Waals surface area contributed by atoms with Gasteiger partial charge in [0.15, 0.2) is 0 Å². The minimum absolute atomic E-state index is 0.933. The van der Waals surface area contributed by atoms with Crippen LogP contribution in [0.1, 0.15) is 5.56 Å². The smallest absolute Gasteiger partial charge is 0.143 e. The molecular formula is C25H18O. The molecule has 0 aliphatic carbocycles. The minimum Gasteiger partial charge on any atom is -0.455 e. The average Bonchev–Trinajstić information content (AvgIpc) is 3.07. The molecule has 0 unspecified atom stereocenters. The first-order chi connectivity index (χ1) is 12.8. The Kier molecular flexibility index (Phi) is 3.39. The Morgan fingerprint density at radius 3 is 2.04 bits per heavy atom. The van der Waals surface area contributed by atoms with Crippen LogP contribution in [-0.2, 0) is 0 Å². The SMILES string of the molecule is Cc1ccc(-c2ccccc2-c2cccc3c2oc2ccccc23)cc1. The highest BCUT2D eigenvalue weighted by molar-refractivity contribution is 6.10. The highest BCUT2D eigenvalue weighted by Gasteiger charge is 2.14. The van der Waals surface area contributed by atoms with Gasteiger partial charge in [0.05, 0.1) is 0 Å². The summed E-state index contributed by atoms with van der Waals surface area (Å²) in [6, 6.07) is 31.9. The molecule has 0 bridgehead atoms. The Balaban J connectivity index is 1.80. The van der Waals surface area contributed by atoms with E-state index < -0.39 is 0 Å². The Morgan fingerprint density at radius 2 is 1.19 bits per heavy atom. The van der Waals surface area contributed by atoms with Crippen molar-refractivity contribution in [3.8, 4) is 22.3 Å². The molecule has 0 N–H and O–H groups in total. The highest BCUT2D eigenvalue weighted by atomic mass is 16.3. The molecule has 1 aromatic heterocycles. The molecule has 4 aromatic carbocycles. The lowest BCUT2D eigenvalue weighted by molar-refractivity contribution is 0.670. The van der Waals surface area contributed by atoms with E-state index in [0.717, 1.165) is 27.5 Å². The van der Waals surface area contributed by atoms with Crippen LogP contribution in [0, 0.1) is 6.92 Å². The van der Waals surface area contributed by atoms with Crippen molar-refractivity contribution in [1.29, 1.82) is 0 Å². The van der Waals surface area contributed by atoms with Gasteiger partial charge in [0, 0.05) is 16.3 Å². The molecule has 0 saturated carbocycles. The van der Waals surface area contributed by atoms with Gasteiger partial charge in [0.25, 0.3) is 0 Å². The lowest BCUT2D eigenvalue weighted by Crippen LogP contribution is -1.86. The van der Waals surface area contributed by atoms with Crippen LogP contribution in [-0.4, -0.2) is 0 Å². The van der Waals surface area contributed by atoms with E-state index in [0.29, 0.717) is 0 Å². The summed E-state index contributed by atoms with van der Waals surface area (Å²) in [6.45, 7) is 2.12. The van der Waals surface area contributed by atoms with Crippen molar-refractivity contribution >= 4 is 21.9 Å². The van der Waals surface area contributed by atoms with Crippen molar-refractivity contribution in [2.24, 2.45) is 0 Å². The highest BCUT2D eigenvalue weighted by Crippen LogP contribution is 2.39. The molecule has 26 heavy (non-hydrogen) atoms. The lowest BCUT2D eigenvalue weighted by atomic mass is 9.93. The van der Waals surface area contributed by atoms with Gasteiger partial charge in [-0.1, -0.05) is 90.5 Å². The van der Waals surface area contributed by atoms with Crippen LogP contribution >= 0.6 is 0 Å². The van der Waals surface area contributed by atoms with E-state index in [1.807, 2.05) is 12.1 Å². The summed E-state index contributed by atoms with van der Waals surface area (Å²) in [7, 11) is 0. The normalized spacial score (nSPS) is 11.3. The standard InChI is InChI=1S/C25H18O/c1-17-13-15-18(16-14-17)19-7-2-3-8-20(19)22-10-6-11-23-21-9-4-5-12-24(21)26-25(22)23/h2-16H,1H3. The summed E-state index contributed by atoms with van der Waals surface area (Å²) in [5, 5.41) is 2.33. The van der Waals surface area contributed by atoms with Crippen molar-refractivity contribution in [2.75, 3.05) is 0 Å². The average molecular weight is 334 g/mol. The van der Waals surface area contributed by atoms with Gasteiger partial charge in [-0.25, -0.2) is 0 Å². The monoisotopic (exact) mass is 334 g/mol. The maximum atomic E-state index is 6.25. The molecule has 0 fully saturated rings. The van der Waals surface area contributed by atoms with Gasteiger partial charge in [-0.3, -0.25) is 0 Å². The maximum absolute atomic E-state index is 6.25. The fourth-order valence-corrected chi connectivity index (χ4v) is 3.66. The second-order valence-corrected chi connectivity index (χ2v) is 6.69. The Labute approximate surface area is 152 Å². The van der Waals surface area contributed by atoms with E-state index in [9.17, 15) is 0 Å². The predicted octanol–water partition coefficient (Wildman–Crippen LogP) is 7.23. The van der Waals surface area contributed by atoms with E-state index >= 15 is 0 Å². The van der Waals surface area contributed by atoms with Crippen LogP contribution < -0.4 is 0 Å². The lowest BCUT2D eigenvalue weighted by Gasteiger charge is -2.11. The molecule has 0 aliphatic heterocycles. The third kappa shape index (κ3) is 2.33. The largest absolute Gasteiger partial charge is 0.455 e. The van der Waals surface area contributed by atoms with Crippen molar-refractivity contribution in [3.05, 3.63) is 96.6 Å². The second kappa shape index (κ2) is 5.89. The fraction of sp³-hybridized carbons (Fsp3) is 0.0400. The van der Waals surface area contributed by atoms with Gasteiger partial charge in [0.1, 0.15) is 11.2 Å². The van der Waals surface area contributed by atoms with Crippen LogP contribution in [0.5, 0.6) is 0 Å². The van der Waals surface area contributed by atoms with Crippen molar-refractivity contribution < 1.29 is 4.42 Å². The number of hydrogen-bond acceptors (Lipinski definition) is 1. The first-order valence-corrected chi connectivity index (χ1v) is 8.88. The van der Waals surface area contributed by atoms with Crippen LogP contribution in [0.15, 0.2) is 95.4 Å². The van der Waals surface area contributed by atoms with Crippen LogP contribution in [0.3, 0.4) is 0 Å². The quantitative estimate of drug-likeness (QED) is 0.332. The number of fused-ring (bicyclic) bond motifs is 3. The molecule has 0 aliphatic rings. The van der Waals surface area contributed by atoms with Gasteiger partial charge in [0.2, 0.25) is 0 Å². The van der Waals surface area contributed by atoms with Crippen LogP contribution in [0.2, 0.25) is 0 Å². The summed E-state index contributed by atoms with van der Waals surface area (Å²) >= 11 is 0. The Morgan fingerprint density at radius 1 is 0.538 bits per heavy atom. The number of para-hydroxylation sites is 2. The summed E-state index contributed by atoms with van der Waals surface area (Å²) in [5.74, 6) is 0. The number of aryl methyl sites for hydroxylation is 1. The zero-order chi connectivity index (χ0) is 17.5. The van der Waals surface area contributed by atoms with E-state index in [2.05, 4.69) is 85.8 Å². The van der Waals surface area contributed by atoms with Crippen LogP contribution in [0.4, 0.5) is 0 Å². The molecular weight excluding hydrogens is 316 g/mol.